The van der Waals surface area contributed by atoms with Gasteiger partial charge < -0.3 is 15.0 Å². The predicted octanol–water partition coefficient (Wildman–Crippen LogP) is 6.15. The van der Waals surface area contributed by atoms with Crippen molar-refractivity contribution in [3.05, 3.63) is 76.9 Å². The number of halogens is 1. The summed E-state index contributed by atoms with van der Waals surface area (Å²) in [7, 11) is 0. The number of benzene rings is 3. The molecule has 0 bridgehead atoms. The van der Waals surface area contributed by atoms with Crippen molar-refractivity contribution in [1.82, 2.24) is 9.88 Å². The van der Waals surface area contributed by atoms with E-state index in [2.05, 4.69) is 15.2 Å². The molecule has 2 aliphatic rings. The number of morpholine rings is 1. The molecule has 3 heterocycles. The summed E-state index contributed by atoms with van der Waals surface area (Å²) in [5, 5.41) is 6.97. The quantitative estimate of drug-likeness (QED) is 0.202. The molecule has 2 aliphatic heterocycles. The summed E-state index contributed by atoms with van der Waals surface area (Å²) in [5.41, 5.74) is 4.22. The van der Waals surface area contributed by atoms with E-state index in [1.807, 2.05) is 54.6 Å². The zero-order chi connectivity index (χ0) is 26.8. The van der Waals surface area contributed by atoms with Crippen LogP contribution < -0.4 is 10.2 Å². The molecule has 3 aromatic carbocycles. The Labute approximate surface area is 232 Å². The van der Waals surface area contributed by atoms with Crippen LogP contribution in [0.4, 0.5) is 11.4 Å². The highest BCUT2D eigenvalue weighted by atomic mass is 35.5. The number of rotatable bonds is 9. The van der Waals surface area contributed by atoms with E-state index >= 15 is 0 Å². The number of hydrogen-bond acceptors (Lipinski definition) is 6. The lowest BCUT2D eigenvalue weighted by atomic mass is 9.92. The molecule has 7 nitrogen and oxygen atoms in total. The van der Waals surface area contributed by atoms with Gasteiger partial charge in [-0.25, -0.2) is 0 Å². The molecule has 39 heavy (non-hydrogen) atoms. The maximum atomic E-state index is 13.4. The molecule has 6 rings (SSSR count). The maximum Gasteiger partial charge on any atom is 0.261 e. The number of nitrogens with one attached hydrogen (secondary N) is 1. The molecule has 0 spiro atoms. The number of ether oxygens (including phenoxy) is 1. The lowest BCUT2D eigenvalue weighted by Gasteiger charge is -2.32. The number of hydrogen-bond donors (Lipinski definition) is 1. The SMILES string of the molecule is O=C1c2cccc3c(N4CCOCC4)ccc(c23)C(=O)N1CCCCCCNc1ccnc2cc(Cl)ccc12. The minimum absolute atomic E-state index is 0.191. The highest BCUT2D eigenvalue weighted by molar-refractivity contribution is 6.31. The fraction of sp³-hybridized carbons (Fsp3) is 0.323. The number of fused-ring (bicyclic) bond motifs is 1. The molecule has 200 valence electrons. The number of carbonyl (C=O) groups is 2. The minimum atomic E-state index is -0.191. The number of carbonyl (C=O) groups excluding carboxylic acids is 2. The Kier molecular flexibility index (Phi) is 7.35. The zero-order valence-corrected chi connectivity index (χ0v) is 22.5. The fourth-order valence-electron chi connectivity index (χ4n) is 5.66. The van der Waals surface area contributed by atoms with E-state index in [0.717, 1.165) is 78.4 Å². The van der Waals surface area contributed by atoms with E-state index in [-0.39, 0.29) is 11.8 Å². The number of anilines is 2. The van der Waals surface area contributed by atoms with Gasteiger partial charge in [-0.3, -0.25) is 19.5 Å². The molecule has 0 atom stereocenters. The standard InChI is InChI=1S/C31H31ClN4O3/c32-21-8-9-22-26(12-14-34-27(22)20-21)33-13-3-1-2-4-15-36-30(37)24-7-5-6-23-28(35-16-18-39-19-17-35)11-10-25(29(23)24)31(36)38/h5-12,14,20H,1-4,13,15-19H2,(H,33,34). The largest absolute Gasteiger partial charge is 0.384 e. The van der Waals surface area contributed by atoms with Crippen LogP contribution in [0.15, 0.2) is 60.8 Å². The highest BCUT2D eigenvalue weighted by Gasteiger charge is 2.33. The van der Waals surface area contributed by atoms with Crippen molar-refractivity contribution in [2.24, 2.45) is 0 Å². The Balaban J connectivity index is 1.05. The normalized spacial score (nSPS) is 15.4. The van der Waals surface area contributed by atoms with Crippen molar-refractivity contribution in [2.45, 2.75) is 25.7 Å². The fourth-order valence-corrected chi connectivity index (χ4v) is 5.83. The third kappa shape index (κ3) is 5.04. The molecule has 2 amide bonds. The summed E-state index contributed by atoms with van der Waals surface area (Å²) in [5.74, 6) is -0.382. The smallest absolute Gasteiger partial charge is 0.261 e. The average Bonchev–Trinajstić information content (AvgIpc) is 2.97. The van der Waals surface area contributed by atoms with Crippen molar-refractivity contribution in [3.8, 4) is 0 Å². The van der Waals surface area contributed by atoms with Gasteiger partial charge in [-0.2, -0.15) is 0 Å². The Hall–Kier alpha value is -3.68. The summed E-state index contributed by atoms with van der Waals surface area (Å²) in [4.78, 5) is 34.9. The predicted molar refractivity (Wildman–Crippen MR) is 156 cm³/mol. The molecule has 8 heteroatoms. The first-order valence-corrected chi connectivity index (χ1v) is 14.0. The van der Waals surface area contributed by atoms with Crippen LogP contribution >= 0.6 is 11.6 Å². The van der Waals surface area contributed by atoms with Crippen molar-refractivity contribution >= 4 is 56.5 Å². The van der Waals surface area contributed by atoms with Gasteiger partial charge in [0.25, 0.3) is 11.8 Å². The first-order chi connectivity index (χ1) is 19.1. The van der Waals surface area contributed by atoms with Crippen LogP contribution in [-0.2, 0) is 4.74 Å². The van der Waals surface area contributed by atoms with Crippen molar-refractivity contribution < 1.29 is 14.3 Å². The average molecular weight is 543 g/mol. The second-order valence-electron chi connectivity index (χ2n) is 10.1. The Morgan fingerprint density at radius 2 is 1.67 bits per heavy atom. The molecule has 0 aliphatic carbocycles. The second kappa shape index (κ2) is 11.2. The van der Waals surface area contributed by atoms with Gasteiger partial charge in [-0.15, -0.1) is 0 Å². The molecule has 0 radical (unpaired) electrons. The minimum Gasteiger partial charge on any atom is -0.384 e. The van der Waals surface area contributed by atoms with Crippen LogP contribution in [0.1, 0.15) is 46.4 Å². The van der Waals surface area contributed by atoms with Crippen LogP contribution in [0, 0.1) is 0 Å². The third-order valence-corrected chi connectivity index (χ3v) is 7.88. The van der Waals surface area contributed by atoms with Gasteiger partial charge in [-0.05, 0) is 55.3 Å². The van der Waals surface area contributed by atoms with Crippen LogP contribution in [0.3, 0.4) is 0 Å². The summed E-state index contributed by atoms with van der Waals surface area (Å²) in [6.45, 7) is 4.24. The van der Waals surface area contributed by atoms with E-state index in [9.17, 15) is 9.59 Å². The molecule has 4 aromatic rings. The Morgan fingerprint density at radius 3 is 2.51 bits per heavy atom. The van der Waals surface area contributed by atoms with E-state index in [1.54, 1.807) is 6.20 Å². The van der Waals surface area contributed by atoms with E-state index in [4.69, 9.17) is 16.3 Å². The number of imide groups is 1. The maximum absolute atomic E-state index is 13.4. The molecule has 1 N–H and O–H groups in total. The summed E-state index contributed by atoms with van der Waals surface area (Å²) < 4.78 is 5.50. The Morgan fingerprint density at radius 1 is 0.872 bits per heavy atom. The van der Waals surface area contributed by atoms with E-state index in [0.29, 0.717) is 35.9 Å². The van der Waals surface area contributed by atoms with Gasteiger partial charge in [0.1, 0.15) is 0 Å². The van der Waals surface area contributed by atoms with Crippen LogP contribution in [0.5, 0.6) is 0 Å². The van der Waals surface area contributed by atoms with Gasteiger partial charge in [-0.1, -0.05) is 36.6 Å². The molecular weight excluding hydrogens is 512 g/mol. The van der Waals surface area contributed by atoms with Crippen LogP contribution in [0.25, 0.3) is 21.7 Å². The molecular formula is C31H31ClN4O3. The number of aromatic nitrogens is 1. The van der Waals surface area contributed by atoms with E-state index in [1.165, 1.54) is 4.90 Å². The van der Waals surface area contributed by atoms with Gasteiger partial charge in [0.2, 0.25) is 0 Å². The second-order valence-corrected chi connectivity index (χ2v) is 10.5. The molecule has 1 aromatic heterocycles. The van der Waals surface area contributed by atoms with Gasteiger partial charge in [0.05, 0.1) is 18.7 Å². The highest BCUT2D eigenvalue weighted by Crippen LogP contribution is 2.36. The van der Waals surface area contributed by atoms with E-state index < -0.39 is 0 Å². The van der Waals surface area contributed by atoms with Crippen LogP contribution in [0.2, 0.25) is 5.02 Å². The summed E-state index contributed by atoms with van der Waals surface area (Å²) in [6, 6.07) is 17.4. The number of unbranched alkanes of at least 4 members (excludes halogenated alkanes) is 3. The monoisotopic (exact) mass is 542 g/mol. The van der Waals surface area contributed by atoms with Crippen molar-refractivity contribution in [1.29, 1.82) is 0 Å². The lowest BCUT2D eigenvalue weighted by molar-refractivity contribution is 0.0607. The topological polar surface area (TPSA) is 74.8 Å². The van der Waals surface area contributed by atoms with Crippen LogP contribution in [-0.4, -0.2) is 61.1 Å². The van der Waals surface area contributed by atoms with Gasteiger partial charge >= 0.3 is 0 Å². The molecule has 1 saturated heterocycles. The van der Waals surface area contributed by atoms with Gasteiger partial charge in [0.15, 0.2) is 0 Å². The summed E-state index contributed by atoms with van der Waals surface area (Å²) >= 11 is 6.09. The van der Waals surface area contributed by atoms with Crippen molar-refractivity contribution in [3.63, 3.8) is 0 Å². The van der Waals surface area contributed by atoms with Crippen molar-refractivity contribution in [2.75, 3.05) is 49.6 Å². The molecule has 0 unspecified atom stereocenters. The first kappa shape index (κ1) is 25.6. The number of nitrogens with zero attached hydrogens (tertiary/aromatic N) is 3. The third-order valence-electron chi connectivity index (χ3n) is 7.65. The lowest BCUT2D eigenvalue weighted by Crippen LogP contribution is -2.41. The number of amides is 2. The first-order valence-electron chi connectivity index (χ1n) is 13.6. The molecule has 0 saturated carbocycles. The Bertz CT molecular complexity index is 1530. The summed E-state index contributed by atoms with van der Waals surface area (Å²) in [6.07, 6.45) is 5.51. The molecule has 1 fully saturated rings. The zero-order valence-electron chi connectivity index (χ0n) is 21.8. The van der Waals surface area contributed by atoms with Gasteiger partial charge in [0, 0.05) is 76.1 Å². The number of pyridine rings is 1.